The molecule has 124 valence electrons. The molecule has 8 heteroatoms. The van der Waals surface area contributed by atoms with Crippen LogP contribution in [0.5, 0.6) is 5.75 Å². The van der Waals surface area contributed by atoms with Crippen molar-refractivity contribution < 1.29 is 18.7 Å². The predicted octanol–water partition coefficient (Wildman–Crippen LogP) is 2.48. The molecule has 2 rings (SSSR count). The van der Waals surface area contributed by atoms with E-state index in [0.29, 0.717) is 22.0 Å². The predicted molar refractivity (Wildman–Crippen MR) is 89.1 cm³/mol. The third-order valence-corrected chi connectivity index (χ3v) is 3.83. The molecule has 1 heterocycles. The number of alkyl halides is 1. The molecular formula is C15H16ClFN2O3S. The number of carbonyl (C=O) groups is 1. The smallest absolute Gasteiger partial charge is 0.338 e. The highest BCUT2D eigenvalue weighted by atomic mass is 35.5. The van der Waals surface area contributed by atoms with Crippen LogP contribution in [0.25, 0.3) is 0 Å². The fourth-order valence-corrected chi connectivity index (χ4v) is 2.78. The highest BCUT2D eigenvalue weighted by Crippen LogP contribution is 2.25. The van der Waals surface area contributed by atoms with Gasteiger partial charge >= 0.3 is 5.97 Å². The standard InChI is InChI=1S/C15H16ClFN2O3S/c1-8-13(11(6-17)19-15(23)18-8)14(20)22-7-9-3-4-12(21-2)10(16)5-9/h3-5,11H,6-7H2,1-2H3,(H2,18,19,23). The van der Waals surface area contributed by atoms with Crippen LogP contribution >= 0.6 is 23.8 Å². The monoisotopic (exact) mass is 358 g/mol. The average molecular weight is 359 g/mol. The summed E-state index contributed by atoms with van der Waals surface area (Å²) in [5.74, 6) is -0.0772. The first-order valence-corrected chi connectivity index (χ1v) is 7.58. The Labute approximate surface area is 143 Å². The molecule has 1 atom stereocenters. The van der Waals surface area contributed by atoms with Crippen molar-refractivity contribution in [1.82, 2.24) is 10.6 Å². The second-order valence-corrected chi connectivity index (χ2v) is 5.70. The molecule has 0 fully saturated rings. The first kappa shape index (κ1) is 17.5. The molecule has 1 aliphatic rings. The van der Waals surface area contributed by atoms with Gasteiger partial charge in [0.05, 0.1) is 23.7 Å². The quantitative estimate of drug-likeness (QED) is 0.623. The Bertz CT molecular complexity index is 666. The van der Waals surface area contributed by atoms with Crippen LogP contribution in [0.1, 0.15) is 12.5 Å². The Morgan fingerprint density at radius 3 is 2.83 bits per heavy atom. The van der Waals surface area contributed by atoms with Crippen LogP contribution in [0.15, 0.2) is 29.5 Å². The molecule has 0 spiro atoms. The number of ether oxygens (including phenoxy) is 2. The van der Waals surface area contributed by atoms with Gasteiger partial charge in [-0.15, -0.1) is 0 Å². The topological polar surface area (TPSA) is 59.6 Å². The van der Waals surface area contributed by atoms with E-state index in [9.17, 15) is 9.18 Å². The minimum atomic E-state index is -0.810. The number of rotatable bonds is 5. The molecule has 2 N–H and O–H groups in total. The van der Waals surface area contributed by atoms with Crippen LogP contribution < -0.4 is 15.4 Å². The SMILES string of the molecule is COc1ccc(COC(=O)C2=C(C)NC(=S)NC2CF)cc1Cl. The van der Waals surface area contributed by atoms with Crippen LogP contribution in [0.3, 0.4) is 0 Å². The molecule has 1 aliphatic heterocycles. The van der Waals surface area contributed by atoms with Crippen LogP contribution in [0.4, 0.5) is 4.39 Å². The van der Waals surface area contributed by atoms with Crippen molar-refractivity contribution in [2.45, 2.75) is 19.6 Å². The summed E-state index contributed by atoms with van der Waals surface area (Å²) in [6, 6.07) is 4.25. The second-order valence-electron chi connectivity index (χ2n) is 4.89. The van der Waals surface area contributed by atoms with Crippen LogP contribution in [0.2, 0.25) is 5.02 Å². The van der Waals surface area contributed by atoms with Crippen LogP contribution in [-0.2, 0) is 16.1 Å². The van der Waals surface area contributed by atoms with Crippen molar-refractivity contribution in [2.24, 2.45) is 0 Å². The van der Waals surface area contributed by atoms with Gasteiger partial charge in [-0.3, -0.25) is 0 Å². The van der Waals surface area contributed by atoms with Gasteiger partial charge in [0.2, 0.25) is 0 Å². The van der Waals surface area contributed by atoms with Crippen molar-refractivity contribution >= 4 is 34.9 Å². The van der Waals surface area contributed by atoms with Crippen LogP contribution in [0, 0.1) is 0 Å². The van der Waals surface area contributed by atoms with Crippen molar-refractivity contribution in [3.8, 4) is 5.75 Å². The summed E-state index contributed by atoms with van der Waals surface area (Å²) in [5, 5.41) is 6.19. The second kappa shape index (κ2) is 7.61. The lowest BCUT2D eigenvalue weighted by molar-refractivity contribution is -0.140. The number of thiocarbonyl (C=S) groups is 1. The molecule has 1 aromatic rings. The number of benzene rings is 1. The normalized spacial score (nSPS) is 17.4. The average Bonchev–Trinajstić information content (AvgIpc) is 2.51. The molecule has 0 saturated carbocycles. The van der Waals surface area contributed by atoms with Gasteiger partial charge in [-0.05, 0) is 36.8 Å². The van der Waals surface area contributed by atoms with Crippen molar-refractivity contribution in [3.63, 3.8) is 0 Å². The molecule has 1 unspecified atom stereocenters. The zero-order chi connectivity index (χ0) is 17.0. The van der Waals surface area contributed by atoms with E-state index in [0.717, 1.165) is 0 Å². The van der Waals surface area contributed by atoms with Gasteiger partial charge in [-0.2, -0.15) is 0 Å². The van der Waals surface area contributed by atoms with Crippen molar-refractivity contribution in [3.05, 3.63) is 40.1 Å². The van der Waals surface area contributed by atoms with E-state index in [-0.39, 0.29) is 17.3 Å². The lowest BCUT2D eigenvalue weighted by Gasteiger charge is -2.27. The van der Waals surface area contributed by atoms with E-state index < -0.39 is 18.7 Å². The Balaban J connectivity index is 2.08. The minimum absolute atomic E-state index is 0.0166. The number of methoxy groups -OCH3 is 1. The first-order valence-electron chi connectivity index (χ1n) is 6.80. The number of carbonyl (C=O) groups excluding carboxylic acids is 1. The molecule has 5 nitrogen and oxygen atoms in total. The summed E-state index contributed by atoms with van der Waals surface area (Å²) in [7, 11) is 1.51. The zero-order valence-electron chi connectivity index (χ0n) is 12.6. The van der Waals surface area contributed by atoms with Gasteiger partial charge in [-0.25, -0.2) is 9.18 Å². The van der Waals surface area contributed by atoms with Gasteiger partial charge in [-0.1, -0.05) is 17.7 Å². The molecule has 0 radical (unpaired) electrons. The molecular weight excluding hydrogens is 343 g/mol. The van der Waals surface area contributed by atoms with Crippen molar-refractivity contribution in [1.29, 1.82) is 0 Å². The third-order valence-electron chi connectivity index (χ3n) is 3.32. The molecule has 23 heavy (non-hydrogen) atoms. The first-order chi connectivity index (χ1) is 11.0. The Kier molecular flexibility index (Phi) is 5.79. The molecule has 0 aliphatic carbocycles. The summed E-state index contributed by atoms with van der Waals surface area (Å²) < 4.78 is 23.4. The number of hydrogen-bond donors (Lipinski definition) is 2. The summed E-state index contributed by atoms with van der Waals surface area (Å²) in [4.78, 5) is 12.2. The fourth-order valence-electron chi connectivity index (χ4n) is 2.20. The number of nitrogens with one attached hydrogen (secondary N) is 2. The number of halogens is 2. The molecule has 1 aromatic carbocycles. The van der Waals surface area contributed by atoms with Crippen LogP contribution in [-0.4, -0.2) is 30.9 Å². The summed E-state index contributed by atoms with van der Waals surface area (Å²) in [5.41, 5.74) is 1.38. The van der Waals surface area contributed by atoms with E-state index >= 15 is 0 Å². The molecule has 0 amide bonds. The summed E-state index contributed by atoms with van der Waals surface area (Å²) >= 11 is 11.0. The van der Waals surface area contributed by atoms with E-state index in [1.54, 1.807) is 25.1 Å². The summed E-state index contributed by atoms with van der Waals surface area (Å²) in [6.07, 6.45) is 0. The maximum atomic E-state index is 13.1. The lowest BCUT2D eigenvalue weighted by atomic mass is 10.0. The van der Waals surface area contributed by atoms with Gasteiger partial charge in [0.15, 0.2) is 5.11 Å². The maximum Gasteiger partial charge on any atom is 0.338 e. The van der Waals surface area contributed by atoms with E-state index in [1.165, 1.54) is 7.11 Å². The highest BCUT2D eigenvalue weighted by molar-refractivity contribution is 7.80. The molecule has 0 aromatic heterocycles. The number of hydrogen-bond acceptors (Lipinski definition) is 4. The Morgan fingerprint density at radius 2 is 2.22 bits per heavy atom. The van der Waals surface area contributed by atoms with Crippen molar-refractivity contribution in [2.75, 3.05) is 13.8 Å². The van der Waals surface area contributed by atoms with E-state index in [2.05, 4.69) is 10.6 Å². The largest absolute Gasteiger partial charge is 0.495 e. The van der Waals surface area contributed by atoms with Gasteiger partial charge in [0.25, 0.3) is 0 Å². The van der Waals surface area contributed by atoms with Gasteiger partial charge < -0.3 is 20.1 Å². The van der Waals surface area contributed by atoms with E-state index in [1.807, 2.05) is 0 Å². The Morgan fingerprint density at radius 1 is 1.48 bits per heavy atom. The van der Waals surface area contributed by atoms with Gasteiger partial charge in [0, 0.05) is 5.70 Å². The minimum Gasteiger partial charge on any atom is -0.495 e. The number of esters is 1. The molecule has 0 bridgehead atoms. The van der Waals surface area contributed by atoms with E-state index in [4.69, 9.17) is 33.3 Å². The lowest BCUT2D eigenvalue weighted by Crippen LogP contribution is -2.50. The van der Waals surface area contributed by atoms with Gasteiger partial charge in [0.1, 0.15) is 19.0 Å². The molecule has 0 saturated heterocycles. The highest BCUT2D eigenvalue weighted by Gasteiger charge is 2.29. The number of allylic oxidation sites excluding steroid dienone is 1. The zero-order valence-corrected chi connectivity index (χ0v) is 14.2. The summed E-state index contributed by atoms with van der Waals surface area (Å²) in [6.45, 7) is 0.900. The maximum absolute atomic E-state index is 13.1. The Hall–Kier alpha value is -1.86. The fraction of sp³-hybridized carbons (Fsp3) is 0.333. The third kappa shape index (κ3) is 4.11.